The van der Waals surface area contributed by atoms with Crippen LogP contribution < -0.4 is 9.80 Å². The van der Waals surface area contributed by atoms with Crippen LogP contribution in [0.4, 0.5) is 11.4 Å². The Balaban J connectivity index is 0.000000168. The summed E-state index contributed by atoms with van der Waals surface area (Å²) in [6.45, 7) is 1.90. The van der Waals surface area contributed by atoms with E-state index in [4.69, 9.17) is 0 Å². The van der Waals surface area contributed by atoms with Crippen LogP contribution in [0.5, 0.6) is 5.75 Å². The third-order valence-electron chi connectivity index (χ3n) is 5.24. The first kappa shape index (κ1) is 25.7. The van der Waals surface area contributed by atoms with Gasteiger partial charge in [-0.2, -0.15) is 30.3 Å². The molecule has 1 N–H and O–H groups in total. The maximum Gasteiger partial charge on any atom is 3.00 e. The summed E-state index contributed by atoms with van der Waals surface area (Å²) in [6.07, 6.45) is 13.9. The zero-order valence-electron chi connectivity index (χ0n) is 19.5. The number of aromatic hydroxyl groups is 1. The van der Waals surface area contributed by atoms with Crippen molar-refractivity contribution in [1.29, 1.82) is 0 Å². The van der Waals surface area contributed by atoms with E-state index in [1.807, 2.05) is 83.5 Å². The summed E-state index contributed by atoms with van der Waals surface area (Å²) in [5.74, 6) is 0.261. The van der Waals surface area contributed by atoms with Gasteiger partial charge < -0.3 is 14.9 Å². The quantitative estimate of drug-likeness (QED) is 0.255. The van der Waals surface area contributed by atoms with E-state index in [0.29, 0.717) is 0 Å². The number of nitrogens with zero attached hydrogens (tertiary/aromatic N) is 6. The standard InChI is InChI=1S/C15H12N2O.C14H9N4.Ir/c18-15-9-5-4-8-14(15)17-11-10-16(12-17)13-6-2-1-3-7-13;1-2-11(13-9-15-4-6-17-13)8-12(3-1)14-10-16-5-7-18-14;/h1-6,8-12,18H;1-7,9-10H;/q-2;-1;+3. The molecule has 0 fully saturated rings. The molecule has 182 valence electrons. The molecule has 7 nitrogen and oxygen atoms in total. The van der Waals surface area contributed by atoms with Crippen molar-refractivity contribution in [3.05, 3.63) is 135 Å². The van der Waals surface area contributed by atoms with E-state index in [9.17, 15) is 5.11 Å². The first-order valence-corrected chi connectivity index (χ1v) is 11.2. The third-order valence-corrected chi connectivity index (χ3v) is 5.24. The van der Waals surface area contributed by atoms with Crippen molar-refractivity contribution < 1.29 is 25.2 Å². The van der Waals surface area contributed by atoms with Crippen LogP contribution >= 0.6 is 0 Å². The number of benzene rings is 3. The van der Waals surface area contributed by atoms with Crippen molar-refractivity contribution in [3.63, 3.8) is 0 Å². The minimum atomic E-state index is 0. The topological polar surface area (TPSA) is 78.3 Å². The molecule has 3 heterocycles. The predicted molar refractivity (Wildman–Crippen MR) is 139 cm³/mol. The second-order valence-corrected chi connectivity index (χ2v) is 7.62. The molecular weight excluding hydrogens is 641 g/mol. The molecule has 8 heteroatoms. The molecule has 0 atom stereocenters. The molecule has 0 bridgehead atoms. The van der Waals surface area contributed by atoms with Crippen LogP contribution in [-0.2, 0) is 20.1 Å². The summed E-state index contributed by atoms with van der Waals surface area (Å²) in [7, 11) is 0. The number of phenolic OH excluding ortho intramolecular Hbond substituents is 1. The van der Waals surface area contributed by atoms with Gasteiger partial charge in [0.05, 0.1) is 5.69 Å². The van der Waals surface area contributed by atoms with Gasteiger partial charge in [-0.1, -0.05) is 23.3 Å². The molecule has 5 aromatic rings. The second kappa shape index (κ2) is 12.5. The predicted octanol–water partition coefficient (Wildman–Crippen LogP) is 5.51. The van der Waals surface area contributed by atoms with Gasteiger partial charge >= 0.3 is 20.1 Å². The van der Waals surface area contributed by atoms with Crippen LogP contribution in [0.2, 0.25) is 0 Å². The van der Waals surface area contributed by atoms with Gasteiger partial charge in [-0.3, -0.25) is 19.9 Å². The summed E-state index contributed by atoms with van der Waals surface area (Å²) in [5, 5.41) is 9.81. The number of hydrogen-bond donors (Lipinski definition) is 1. The molecule has 0 aliphatic carbocycles. The maximum atomic E-state index is 9.81. The number of aromatic nitrogens is 4. The zero-order valence-corrected chi connectivity index (χ0v) is 21.9. The average Bonchev–Trinajstić information content (AvgIpc) is 3.45. The summed E-state index contributed by atoms with van der Waals surface area (Å²) in [5.41, 5.74) is 5.10. The van der Waals surface area contributed by atoms with Crippen molar-refractivity contribution in [2.75, 3.05) is 9.80 Å². The van der Waals surface area contributed by atoms with Crippen LogP contribution in [0.3, 0.4) is 0 Å². The molecular formula is C29H21IrN6O. The fraction of sp³-hybridized carbons (Fsp3) is 0. The summed E-state index contributed by atoms with van der Waals surface area (Å²) in [6, 6.07) is 27.3. The fourth-order valence-electron chi connectivity index (χ4n) is 3.51. The Bertz CT molecular complexity index is 1380. The molecule has 0 spiro atoms. The first-order valence-electron chi connectivity index (χ1n) is 11.2. The van der Waals surface area contributed by atoms with E-state index in [-0.39, 0.29) is 25.9 Å². The molecule has 0 amide bonds. The molecule has 2 aromatic heterocycles. The van der Waals surface area contributed by atoms with Crippen molar-refractivity contribution in [1.82, 2.24) is 19.9 Å². The Morgan fingerprint density at radius 2 is 1.35 bits per heavy atom. The minimum absolute atomic E-state index is 0. The van der Waals surface area contributed by atoms with Crippen molar-refractivity contribution >= 4 is 11.4 Å². The molecule has 0 radical (unpaired) electrons. The molecule has 0 unspecified atom stereocenters. The van der Waals surface area contributed by atoms with Crippen LogP contribution in [0.25, 0.3) is 22.5 Å². The Morgan fingerprint density at radius 3 is 1.95 bits per heavy atom. The van der Waals surface area contributed by atoms with Gasteiger partial charge in [-0.15, -0.1) is 36.6 Å². The number of anilines is 2. The van der Waals surface area contributed by atoms with Gasteiger partial charge in [-0.25, -0.2) is 0 Å². The van der Waals surface area contributed by atoms with Crippen LogP contribution in [0.1, 0.15) is 0 Å². The number of hydrogen-bond acceptors (Lipinski definition) is 7. The van der Waals surface area contributed by atoms with E-state index in [1.165, 1.54) is 0 Å². The van der Waals surface area contributed by atoms with E-state index >= 15 is 0 Å². The van der Waals surface area contributed by atoms with Crippen LogP contribution in [0, 0.1) is 18.8 Å². The van der Waals surface area contributed by atoms with E-state index in [2.05, 4.69) is 32.1 Å². The van der Waals surface area contributed by atoms with Gasteiger partial charge in [0.1, 0.15) is 5.75 Å². The SMILES string of the molecule is Oc1ccccc1N1C=CN(c2[c-]cccc2)[CH-]1.[Ir+3].[c-]1c(-c2cnccn2)cccc1-c1cnccn1. The van der Waals surface area contributed by atoms with Gasteiger partial charge in [-0.05, 0) is 24.5 Å². The van der Waals surface area contributed by atoms with E-state index < -0.39 is 0 Å². The first-order chi connectivity index (χ1) is 17.8. The van der Waals surface area contributed by atoms with Gasteiger partial charge in [0, 0.05) is 48.6 Å². The summed E-state index contributed by atoms with van der Waals surface area (Å²) in [4.78, 5) is 20.4. The Morgan fingerprint density at radius 1 is 0.703 bits per heavy atom. The van der Waals surface area contributed by atoms with Crippen molar-refractivity contribution in [3.8, 4) is 28.3 Å². The molecule has 3 aromatic carbocycles. The van der Waals surface area contributed by atoms with E-state index in [1.54, 1.807) is 49.3 Å². The maximum absolute atomic E-state index is 9.81. The molecule has 37 heavy (non-hydrogen) atoms. The number of para-hydroxylation sites is 3. The van der Waals surface area contributed by atoms with Gasteiger partial charge in [0.2, 0.25) is 0 Å². The fourth-order valence-corrected chi connectivity index (χ4v) is 3.51. The number of phenols is 1. The molecule has 0 saturated heterocycles. The Kier molecular flexibility index (Phi) is 8.70. The zero-order chi connectivity index (χ0) is 24.6. The van der Waals surface area contributed by atoms with Crippen molar-refractivity contribution in [2.45, 2.75) is 0 Å². The number of rotatable bonds is 4. The van der Waals surface area contributed by atoms with Crippen LogP contribution in [0.15, 0.2) is 116 Å². The smallest absolute Gasteiger partial charge is 0.506 e. The van der Waals surface area contributed by atoms with Gasteiger partial charge in [0.25, 0.3) is 0 Å². The largest absolute Gasteiger partial charge is 3.00 e. The monoisotopic (exact) mass is 662 g/mol. The third kappa shape index (κ3) is 6.44. The normalized spacial score (nSPS) is 11.9. The molecule has 1 aliphatic heterocycles. The summed E-state index contributed by atoms with van der Waals surface area (Å²) >= 11 is 0. The van der Waals surface area contributed by atoms with Gasteiger partial charge in [0.15, 0.2) is 0 Å². The molecule has 6 rings (SSSR count). The average molecular weight is 662 g/mol. The molecule has 0 saturated carbocycles. The van der Waals surface area contributed by atoms with Crippen LogP contribution in [-0.4, -0.2) is 25.0 Å². The molecule has 1 aliphatic rings. The second-order valence-electron chi connectivity index (χ2n) is 7.62. The Hall–Kier alpha value is -4.39. The Labute approximate surface area is 229 Å². The summed E-state index contributed by atoms with van der Waals surface area (Å²) < 4.78 is 0. The van der Waals surface area contributed by atoms with E-state index in [0.717, 1.165) is 33.9 Å². The minimum Gasteiger partial charge on any atom is -0.506 e. The van der Waals surface area contributed by atoms with Crippen molar-refractivity contribution in [2.24, 2.45) is 0 Å².